The molecule has 2 aromatic carbocycles. The fraction of sp³-hybridized carbons (Fsp3) is 0.200. The maximum absolute atomic E-state index is 13.5. The largest absolute Gasteiger partial charge is 0.497 e. The Hall–Kier alpha value is -3.98. The van der Waals surface area contributed by atoms with Gasteiger partial charge in [-0.25, -0.2) is 9.79 Å². The van der Waals surface area contributed by atoms with Crippen LogP contribution in [0.1, 0.15) is 31.0 Å². The van der Waals surface area contributed by atoms with Crippen LogP contribution in [-0.4, -0.2) is 30.7 Å². The van der Waals surface area contributed by atoms with Gasteiger partial charge in [0.05, 0.1) is 36.1 Å². The number of carbonyl (C=O) groups is 2. The third-order valence-corrected chi connectivity index (χ3v) is 6.26. The zero-order chi connectivity index (χ0) is 24.4. The molecule has 0 unspecified atom stereocenters. The van der Waals surface area contributed by atoms with Gasteiger partial charge in [0.2, 0.25) is 0 Å². The smallest absolute Gasteiger partial charge is 0.338 e. The molecule has 0 radical (unpaired) electrons. The summed E-state index contributed by atoms with van der Waals surface area (Å²) in [5.74, 6) is 0.0605. The normalized spacial score (nSPS) is 15.4. The fourth-order valence-electron chi connectivity index (χ4n) is 3.78. The van der Waals surface area contributed by atoms with Crippen LogP contribution in [0, 0.1) is 0 Å². The zero-order valence-electron chi connectivity index (χ0n) is 19.0. The number of nitrogens with zero attached hydrogens (tertiary/aromatic N) is 2. The molecule has 2 heterocycles. The molecule has 0 saturated carbocycles. The highest BCUT2D eigenvalue weighted by atomic mass is 32.1. The molecule has 34 heavy (non-hydrogen) atoms. The summed E-state index contributed by atoms with van der Waals surface area (Å²) >= 11 is 1.22. The number of benzene rings is 2. The molecule has 4 rings (SSSR count). The van der Waals surface area contributed by atoms with Gasteiger partial charge in [0.25, 0.3) is 5.56 Å². The van der Waals surface area contributed by atoms with Gasteiger partial charge in [-0.3, -0.25) is 14.2 Å². The van der Waals surface area contributed by atoms with Crippen molar-refractivity contribution >= 4 is 29.4 Å². The molecule has 0 bridgehead atoms. The Labute approximate surface area is 199 Å². The molecule has 1 atom stereocenters. The minimum absolute atomic E-state index is 0.295. The minimum Gasteiger partial charge on any atom is -0.497 e. The van der Waals surface area contributed by atoms with Crippen molar-refractivity contribution in [1.29, 1.82) is 0 Å². The molecular weight excluding hydrogens is 456 g/mol. The number of hydrogen-bond donors (Lipinski definition) is 0. The van der Waals surface area contributed by atoms with Crippen molar-refractivity contribution in [2.24, 2.45) is 4.99 Å². The summed E-state index contributed by atoms with van der Waals surface area (Å²) in [6.07, 6.45) is 1.71. The number of aromatic nitrogens is 1. The Balaban J connectivity index is 1.90. The zero-order valence-corrected chi connectivity index (χ0v) is 19.8. The standard InChI is InChI=1S/C25H22N2O6S/c1-14-21(24(30)32-4)22(17-8-10-18(31-3)11-9-17)27-23(29)20(34-25(27)26-14)13-16-6-5-7-19(12-16)33-15(2)28/h5-13,22H,1-4H3/t22-/m0/s1. The van der Waals surface area contributed by atoms with Crippen molar-refractivity contribution in [2.45, 2.75) is 19.9 Å². The van der Waals surface area contributed by atoms with Crippen molar-refractivity contribution < 1.29 is 23.8 Å². The van der Waals surface area contributed by atoms with Gasteiger partial charge in [0.15, 0.2) is 4.80 Å². The third-order valence-electron chi connectivity index (χ3n) is 5.28. The minimum atomic E-state index is -0.705. The first-order valence-corrected chi connectivity index (χ1v) is 11.2. The predicted molar refractivity (Wildman–Crippen MR) is 127 cm³/mol. The third kappa shape index (κ3) is 4.42. The lowest BCUT2D eigenvalue weighted by Crippen LogP contribution is -2.39. The first kappa shape index (κ1) is 23.2. The average molecular weight is 479 g/mol. The molecule has 0 N–H and O–H groups in total. The number of allylic oxidation sites excluding steroid dienone is 1. The maximum Gasteiger partial charge on any atom is 0.338 e. The van der Waals surface area contributed by atoms with Crippen molar-refractivity contribution in [3.05, 3.63) is 90.6 Å². The molecule has 8 nitrogen and oxygen atoms in total. The molecular formula is C25H22N2O6S. The van der Waals surface area contributed by atoms with E-state index in [1.807, 2.05) is 12.1 Å². The van der Waals surface area contributed by atoms with Crippen LogP contribution in [0.2, 0.25) is 0 Å². The highest BCUT2D eigenvalue weighted by molar-refractivity contribution is 7.07. The van der Waals surface area contributed by atoms with Gasteiger partial charge in [0, 0.05) is 6.92 Å². The lowest BCUT2D eigenvalue weighted by Gasteiger charge is -2.24. The number of methoxy groups -OCH3 is 2. The summed E-state index contributed by atoms with van der Waals surface area (Å²) in [6, 6.07) is 13.3. The quantitative estimate of drug-likeness (QED) is 0.413. The van der Waals surface area contributed by atoms with Gasteiger partial charge in [-0.05, 0) is 48.4 Å². The Morgan fingerprint density at radius 2 is 1.82 bits per heavy atom. The number of hydrogen-bond acceptors (Lipinski definition) is 8. The predicted octanol–water partition coefficient (Wildman–Crippen LogP) is 2.34. The molecule has 0 spiro atoms. The Kier molecular flexibility index (Phi) is 6.47. The van der Waals surface area contributed by atoms with Crippen molar-refractivity contribution in [1.82, 2.24) is 4.57 Å². The fourth-order valence-corrected chi connectivity index (χ4v) is 4.83. The topological polar surface area (TPSA) is 96.2 Å². The summed E-state index contributed by atoms with van der Waals surface area (Å²) in [5, 5.41) is 0. The van der Waals surface area contributed by atoms with Crippen molar-refractivity contribution in [2.75, 3.05) is 14.2 Å². The molecule has 0 aliphatic carbocycles. The van der Waals surface area contributed by atoms with Crippen molar-refractivity contribution in [3.63, 3.8) is 0 Å². The summed E-state index contributed by atoms with van der Waals surface area (Å²) < 4.78 is 17.3. The van der Waals surface area contributed by atoms with E-state index in [4.69, 9.17) is 14.2 Å². The lowest BCUT2D eigenvalue weighted by molar-refractivity contribution is -0.136. The van der Waals surface area contributed by atoms with Gasteiger partial charge < -0.3 is 14.2 Å². The van der Waals surface area contributed by atoms with Crippen LogP contribution in [-0.2, 0) is 14.3 Å². The highest BCUT2D eigenvalue weighted by Gasteiger charge is 2.33. The summed E-state index contributed by atoms with van der Waals surface area (Å²) in [7, 11) is 2.87. The van der Waals surface area contributed by atoms with Gasteiger partial charge >= 0.3 is 11.9 Å². The van der Waals surface area contributed by atoms with Crippen LogP contribution in [0.25, 0.3) is 6.08 Å². The molecule has 174 valence electrons. The highest BCUT2D eigenvalue weighted by Crippen LogP contribution is 2.31. The molecule has 1 aromatic heterocycles. The van der Waals surface area contributed by atoms with Crippen LogP contribution < -0.4 is 24.4 Å². The van der Waals surface area contributed by atoms with Crippen LogP contribution in [0.15, 0.2) is 69.6 Å². The van der Waals surface area contributed by atoms with Crippen LogP contribution in [0.5, 0.6) is 11.5 Å². The van der Waals surface area contributed by atoms with Gasteiger partial charge in [-0.2, -0.15) is 0 Å². The second kappa shape index (κ2) is 9.48. The Morgan fingerprint density at radius 1 is 1.09 bits per heavy atom. The molecule has 9 heteroatoms. The summed E-state index contributed by atoms with van der Waals surface area (Å²) in [6.45, 7) is 3.05. The molecule has 0 saturated heterocycles. The molecule has 3 aromatic rings. The monoisotopic (exact) mass is 478 g/mol. The van der Waals surface area contributed by atoms with Gasteiger partial charge in [0.1, 0.15) is 11.5 Å². The van der Waals surface area contributed by atoms with Crippen LogP contribution in [0.3, 0.4) is 0 Å². The van der Waals surface area contributed by atoms with E-state index in [9.17, 15) is 14.4 Å². The van der Waals surface area contributed by atoms with E-state index >= 15 is 0 Å². The first-order valence-electron chi connectivity index (χ1n) is 10.4. The number of fused-ring (bicyclic) bond motifs is 1. The second-order valence-corrected chi connectivity index (χ2v) is 8.52. The molecule has 1 aliphatic rings. The second-order valence-electron chi connectivity index (χ2n) is 7.51. The first-order chi connectivity index (χ1) is 16.3. The number of carbonyl (C=O) groups excluding carboxylic acids is 2. The summed E-state index contributed by atoms with van der Waals surface area (Å²) in [4.78, 5) is 42.5. The van der Waals surface area contributed by atoms with E-state index in [1.54, 1.807) is 56.5 Å². The van der Waals surface area contributed by atoms with E-state index in [0.29, 0.717) is 37.7 Å². The van der Waals surface area contributed by atoms with Crippen molar-refractivity contribution in [3.8, 4) is 11.5 Å². The number of thiazole rings is 1. The van der Waals surface area contributed by atoms with E-state index in [-0.39, 0.29) is 5.56 Å². The summed E-state index contributed by atoms with van der Waals surface area (Å²) in [5.41, 5.74) is 1.89. The van der Waals surface area contributed by atoms with E-state index in [1.165, 1.54) is 29.9 Å². The Morgan fingerprint density at radius 3 is 2.47 bits per heavy atom. The lowest BCUT2D eigenvalue weighted by atomic mass is 9.96. The Bertz CT molecular complexity index is 1480. The number of esters is 2. The molecule has 0 amide bonds. The number of rotatable bonds is 5. The molecule has 1 aliphatic heterocycles. The number of ether oxygens (including phenoxy) is 3. The van der Waals surface area contributed by atoms with E-state index in [0.717, 1.165) is 5.56 Å². The van der Waals surface area contributed by atoms with Gasteiger partial charge in [-0.1, -0.05) is 35.6 Å². The molecule has 0 fully saturated rings. The van der Waals surface area contributed by atoms with Crippen LogP contribution >= 0.6 is 11.3 Å². The van der Waals surface area contributed by atoms with Crippen LogP contribution in [0.4, 0.5) is 0 Å². The average Bonchev–Trinajstić information content (AvgIpc) is 3.12. The maximum atomic E-state index is 13.5. The SMILES string of the molecule is COC(=O)C1=C(C)N=c2sc(=Cc3cccc(OC(C)=O)c3)c(=O)n2[C@H]1c1ccc(OC)cc1. The van der Waals surface area contributed by atoms with Gasteiger partial charge in [-0.15, -0.1) is 0 Å². The van der Waals surface area contributed by atoms with E-state index < -0.39 is 18.0 Å². The van der Waals surface area contributed by atoms with E-state index in [2.05, 4.69) is 4.99 Å².